The smallest absolute Gasteiger partial charge is 0.315 e. The van der Waals surface area contributed by atoms with Crippen LogP contribution < -0.4 is 15.6 Å². The Bertz CT molecular complexity index is 604. The summed E-state index contributed by atoms with van der Waals surface area (Å²) in [6.07, 6.45) is 6.46. The van der Waals surface area contributed by atoms with Gasteiger partial charge >= 0.3 is 5.97 Å². The van der Waals surface area contributed by atoms with Gasteiger partial charge in [0.05, 0.1) is 18.8 Å². The molecule has 0 saturated heterocycles. The van der Waals surface area contributed by atoms with Gasteiger partial charge in [-0.2, -0.15) is 0 Å². The first-order valence-electron chi connectivity index (χ1n) is 9.55. The molecular formula is C20H30N2O5. The van der Waals surface area contributed by atoms with Crippen LogP contribution in [0.25, 0.3) is 0 Å². The van der Waals surface area contributed by atoms with Crippen LogP contribution in [0.3, 0.4) is 0 Å². The number of esters is 1. The van der Waals surface area contributed by atoms with E-state index in [-0.39, 0.29) is 6.61 Å². The van der Waals surface area contributed by atoms with Crippen molar-refractivity contribution in [3.63, 3.8) is 0 Å². The molecule has 0 spiro atoms. The van der Waals surface area contributed by atoms with Gasteiger partial charge in [-0.25, -0.2) is 0 Å². The molecule has 2 amide bonds. The van der Waals surface area contributed by atoms with Crippen LogP contribution in [0.1, 0.15) is 69.2 Å². The van der Waals surface area contributed by atoms with E-state index in [0.29, 0.717) is 17.9 Å². The zero-order valence-corrected chi connectivity index (χ0v) is 16.2. The van der Waals surface area contributed by atoms with Crippen molar-refractivity contribution in [1.29, 1.82) is 0 Å². The van der Waals surface area contributed by atoms with Crippen LogP contribution in [0.15, 0.2) is 24.3 Å². The number of hydrazine groups is 1. The van der Waals surface area contributed by atoms with Gasteiger partial charge in [-0.15, -0.1) is 0 Å². The minimum absolute atomic E-state index is 0.196. The summed E-state index contributed by atoms with van der Waals surface area (Å²) in [5, 5.41) is 0. The van der Waals surface area contributed by atoms with Gasteiger partial charge in [-0.1, -0.05) is 51.2 Å². The van der Waals surface area contributed by atoms with Gasteiger partial charge in [0.15, 0.2) is 0 Å². The number of hydrogen-bond donors (Lipinski definition) is 2. The molecule has 0 unspecified atom stereocenters. The first-order valence-corrected chi connectivity index (χ1v) is 9.55. The minimum atomic E-state index is -0.646. The van der Waals surface area contributed by atoms with E-state index in [4.69, 9.17) is 4.74 Å². The zero-order chi connectivity index (χ0) is 19.9. The highest BCUT2D eigenvalue weighted by atomic mass is 16.5. The fourth-order valence-electron chi connectivity index (χ4n) is 2.43. The number of rotatable bonds is 12. The van der Waals surface area contributed by atoms with Gasteiger partial charge in [0.2, 0.25) is 5.91 Å². The van der Waals surface area contributed by atoms with Crippen LogP contribution in [0.4, 0.5) is 0 Å². The Kier molecular flexibility index (Phi) is 11.3. The van der Waals surface area contributed by atoms with E-state index in [1.54, 1.807) is 31.2 Å². The van der Waals surface area contributed by atoms with Crippen LogP contribution in [-0.4, -0.2) is 31.0 Å². The second kappa shape index (κ2) is 13.6. The Labute approximate surface area is 160 Å². The molecule has 1 aromatic rings. The van der Waals surface area contributed by atoms with Crippen LogP contribution in [0, 0.1) is 0 Å². The van der Waals surface area contributed by atoms with Gasteiger partial charge in [0, 0.05) is 0 Å². The van der Waals surface area contributed by atoms with Gasteiger partial charge in [-0.05, 0) is 25.5 Å². The average Bonchev–Trinajstić information content (AvgIpc) is 2.66. The van der Waals surface area contributed by atoms with Crippen molar-refractivity contribution >= 4 is 17.8 Å². The minimum Gasteiger partial charge on any atom is -0.493 e. The lowest BCUT2D eigenvalue weighted by Gasteiger charge is -2.12. The molecule has 0 heterocycles. The van der Waals surface area contributed by atoms with E-state index in [9.17, 15) is 14.4 Å². The lowest BCUT2D eigenvalue weighted by atomic mass is 10.1. The quantitative estimate of drug-likeness (QED) is 0.252. The number of carbonyl (C=O) groups is 3. The third kappa shape index (κ3) is 9.63. The lowest BCUT2D eigenvalue weighted by molar-refractivity contribution is -0.146. The fraction of sp³-hybridized carbons (Fsp3) is 0.550. The van der Waals surface area contributed by atoms with E-state index >= 15 is 0 Å². The Morgan fingerprint density at radius 2 is 1.63 bits per heavy atom. The molecule has 7 nitrogen and oxygen atoms in total. The maximum absolute atomic E-state index is 12.3. The second-order valence-electron chi connectivity index (χ2n) is 6.10. The predicted molar refractivity (Wildman–Crippen MR) is 102 cm³/mol. The largest absolute Gasteiger partial charge is 0.493 e. The van der Waals surface area contributed by atoms with Crippen molar-refractivity contribution in [3.8, 4) is 5.75 Å². The predicted octanol–water partition coefficient (Wildman–Crippen LogP) is 3.14. The number of amides is 2. The van der Waals surface area contributed by atoms with E-state index < -0.39 is 24.2 Å². The molecule has 0 fully saturated rings. The second-order valence-corrected chi connectivity index (χ2v) is 6.10. The Morgan fingerprint density at radius 3 is 2.37 bits per heavy atom. The SMILES string of the molecule is CCCCCCCCOc1ccccc1C(=O)NNC(=O)CC(=O)OCC. The first kappa shape index (κ1) is 22.5. The number of unbranched alkanes of at least 4 members (excludes halogenated alkanes) is 5. The molecule has 0 saturated carbocycles. The molecule has 2 N–H and O–H groups in total. The molecule has 0 aromatic heterocycles. The number of ether oxygens (including phenoxy) is 2. The highest BCUT2D eigenvalue weighted by Gasteiger charge is 2.14. The summed E-state index contributed by atoms with van der Waals surface area (Å²) in [7, 11) is 0. The summed E-state index contributed by atoms with van der Waals surface area (Å²) >= 11 is 0. The molecular weight excluding hydrogens is 348 g/mol. The topological polar surface area (TPSA) is 93.7 Å². The molecule has 0 radical (unpaired) electrons. The van der Waals surface area contributed by atoms with Crippen LogP contribution in [0.2, 0.25) is 0 Å². The molecule has 0 aliphatic rings. The average molecular weight is 378 g/mol. The number of carbonyl (C=O) groups excluding carboxylic acids is 3. The highest BCUT2D eigenvalue weighted by Crippen LogP contribution is 2.18. The van der Waals surface area contributed by atoms with Crippen LogP contribution >= 0.6 is 0 Å². The molecule has 1 rings (SSSR count). The van der Waals surface area contributed by atoms with Crippen molar-refractivity contribution < 1.29 is 23.9 Å². The fourth-order valence-corrected chi connectivity index (χ4v) is 2.43. The Hall–Kier alpha value is -2.57. The molecule has 150 valence electrons. The molecule has 1 aromatic carbocycles. The third-order valence-electron chi connectivity index (χ3n) is 3.81. The number of para-hydroxylation sites is 1. The highest BCUT2D eigenvalue weighted by molar-refractivity contribution is 5.99. The summed E-state index contributed by atoms with van der Waals surface area (Å²) in [5.74, 6) is -1.34. The van der Waals surface area contributed by atoms with Crippen molar-refractivity contribution in [2.45, 2.75) is 58.8 Å². The Morgan fingerprint density at radius 1 is 0.926 bits per heavy atom. The third-order valence-corrected chi connectivity index (χ3v) is 3.81. The molecule has 7 heteroatoms. The molecule has 0 bridgehead atoms. The maximum atomic E-state index is 12.3. The van der Waals surface area contributed by atoms with Gasteiger partial charge in [0.25, 0.3) is 5.91 Å². The molecule has 0 atom stereocenters. The molecule has 27 heavy (non-hydrogen) atoms. The number of benzene rings is 1. The molecule has 0 aliphatic carbocycles. The monoisotopic (exact) mass is 378 g/mol. The van der Waals surface area contributed by atoms with Crippen molar-refractivity contribution in [2.75, 3.05) is 13.2 Å². The summed E-state index contributed by atoms with van der Waals surface area (Å²) < 4.78 is 10.4. The van der Waals surface area contributed by atoms with Crippen molar-refractivity contribution in [1.82, 2.24) is 10.9 Å². The summed E-state index contributed by atoms with van der Waals surface area (Å²) in [6, 6.07) is 6.83. The number of hydrogen-bond acceptors (Lipinski definition) is 5. The van der Waals surface area contributed by atoms with Crippen LogP contribution in [-0.2, 0) is 14.3 Å². The van der Waals surface area contributed by atoms with Crippen molar-refractivity contribution in [2.24, 2.45) is 0 Å². The van der Waals surface area contributed by atoms with E-state index in [1.165, 1.54) is 25.7 Å². The standard InChI is InChI=1S/C20H30N2O5/c1-3-5-6-7-8-11-14-27-17-13-10-9-12-16(17)20(25)22-21-18(23)15-19(24)26-4-2/h9-10,12-13H,3-8,11,14-15H2,1-2H3,(H,21,23)(H,22,25). The van der Waals surface area contributed by atoms with E-state index in [2.05, 4.69) is 22.5 Å². The van der Waals surface area contributed by atoms with Crippen LogP contribution in [0.5, 0.6) is 5.75 Å². The number of nitrogens with one attached hydrogen (secondary N) is 2. The summed E-state index contributed by atoms with van der Waals surface area (Å²) in [5.41, 5.74) is 4.80. The van der Waals surface area contributed by atoms with E-state index in [1.807, 2.05) is 0 Å². The van der Waals surface area contributed by atoms with E-state index in [0.717, 1.165) is 12.8 Å². The normalized spacial score (nSPS) is 10.1. The van der Waals surface area contributed by atoms with Gasteiger partial charge < -0.3 is 9.47 Å². The van der Waals surface area contributed by atoms with Gasteiger partial charge in [0.1, 0.15) is 12.2 Å². The summed E-state index contributed by atoms with van der Waals surface area (Å²) in [6.45, 7) is 4.57. The zero-order valence-electron chi connectivity index (χ0n) is 16.2. The van der Waals surface area contributed by atoms with Crippen molar-refractivity contribution in [3.05, 3.63) is 29.8 Å². The lowest BCUT2D eigenvalue weighted by Crippen LogP contribution is -2.42. The summed E-state index contributed by atoms with van der Waals surface area (Å²) in [4.78, 5) is 35.1. The Balaban J connectivity index is 2.42. The maximum Gasteiger partial charge on any atom is 0.315 e. The first-order chi connectivity index (χ1) is 13.1. The molecule has 0 aliphatic heterocycles. The van der Waals surface area contributed by atoms with Gasteiger partial charge in [-0.3, -0.25) is 25.2 Å².